The van der Waals surface area contributed by atoms with Gasteiger partial charge in [-0.2, -0.15) is 0 Å². The number of halogens is 1. The third-order valence-electron chi connectivity index (χ3n) is 5.80. The second kappa shape index (κ2) is 8.78. The number of rotatable bonds is 7. The molecule has 1 aliphatic heterocycles. The predicted octanol–water partition coefficient (Wildman–Crippen LogP) is 4.51. The number of amides is 1. The number of benzene rings is 1. The van der Waals surface area contributed by atoms with Gasteiger partial charge in [0, 0.05) is 17.0 Å². The molecule has 0 N–H and O–H groups in total. The number of likely N-dealkylation sites (tertiary alicyclic amines) is 1. The molecular weight excluding hydrogens is 382 g/mol. The van der Waals surface area contributed by atoms with Crippen LogP contribution < -0.4 is 0 Å². The van der Waals surface area contributed by atoms with Gasteiger partial charge in [-0.15, -0.1) is 12.6 Å². The molecule has 0 saturated carbocycles. The highest BCUT2D eigenvalue weighted by atomic mass is 35.5. The molecule has 6 heteroatoms. The van der Waals surface area contributed by atoms with E-state index in [2.05, 4.69) is 19.6 Å². The van der Waals surface area contributed by atoms with Crippen LogP contribution in [0.2, 0.25) is 5.02 Å². The number of carbonyl (C=O) groups is 3. The Morgan fingerprint density at radius 2 is 2.00 bits per heavy atom. The first-order valence-corrected chi connectivity index (χ1v) is 10.2. The van der Waals surface area contributed by atoms with Crippen LogP contribution in [0.1, 0.15) is 58.4 Å². The lowest BCUT2D eigenvalue weighted by molar-refractivity contribution is -0.150. The molecule has 2 unspecified atom stereocenters. The summed E-state index contributed by atoms with van der Waals surface area (Å²) in [4.78, 5) is 39.0. The SMILES string of the molecule is CCC(C)(C)C(=O)C(=O)N1CCC(C[C@H](C)c2cccc(Cl)c2)C1C(=O)S. The summed E-state index contributed by atoms with van der Waals surface area (Å²) in [5.41, 5.74) is 0.369. The van der Waals surface area contributed by atoms with Crippen LogP contribution in [0.25, 0.3) is 0 Å². The molecule has 148 valence electrons. The van der Waals surface area contributed by atoms with Crippen LogP contribution in [0.4, 0.5) is 0 Å². The number of carbonyl (C=O) groups excluding carboxylic acids is 3. The Kier molecular flexibility index (Phi) is 7.14. The Labute approximate surface area is 172 Å². The zero-order valence-corrected chi connectivity index (χ0v) is 18.0. The molecule has 1 saturated heterocycles. The quantitative estimate of drug-likeness (QED) is 0.532. The largest absolute Gasteiger partial charge is 0.325 e. The number of hydrogen-bond acceptors (Lipinski definition) is 3. The van der Waals surface area contributed by atoms with E-state index in [1.165, 1.54) is 4.90 Å². The van der Waals surface area contributed by atoms with Crippen molar-refractivity contribution in [3.05, 3.63) is 34.9 Å². The summed E-state index contributed by atoms with van der Waals surface area (Å²) in [6, 6.07) is 7.02. The highest BCUT2D eigenvalue weighted by molar-refractivity contribution is 7.96. The molecule has 4 nitrogen and oxygen atoms in total. The monoisotopic (exact) mass is 409 g/mol. The van der Waals surface area contributed by atoms with Crippen molar-refractivity contribution in [2.24, 2.45) is 11.3 Å². The van der Waals surface area contributed by atoms with E-state index in [1.54, 1.807) is 13.8 Å². The summed E-state index contributed by atoms with van der Waals surface area (Å²) in [6.07, 6.45) is 1.99. The van der Waals surface area contributed by atoms with Crippen LogP contribution in [-0.4, -0.2) is 34.3 Å². The predicted molar refractivity (Wildman–Crippen MR) is 111 cm³/mol. The van der Waals surface area contributed by atoms with Gasteiger partial charge in [0.05, 0.1) is 0 Å². The number of thiol groups is 1. The van der Waals surface area contributed by atoms with E-state index in [4.69, 9.17) is 11.6 Å². The van der Waals surface area contributed by atoms with Crippen molar-refractivity contribution in [1.82, 2.24) is 4.90 Å². The summed E-state index contributed by atoms with van der Waals surface area (Å²) < 4.78 is 0. The molecule has 0 aliphatic carbocycles. The average Bonchev–Trinajstić information content (AvgIpc) is 3.04. The van der Waals surface area contributed by atoms with Gasteiger partial charge in [0.1, 0.15) is 6.04 Å². The summed E-state index contributed by atoms with van der Waals surface area (Å²) in [5, 5.41) is 0.322. The van der Waals surface area contributed by atoms with Crippen LogP contribution in [0.3, 0.4) is 0 Å². The Balaban J connectivity index is 2.17. The fraction of sp³-hybridized carbons (Fsp3) is 0.571. The van der Waals surface area contributed by atoms with Crippen molar-refractivity contribution in [1.29, 1.82) is 0 Å². The molecular formula is C21H28ClNO3S. The summed E-state index contributed by atoms with van der Waals surface area (Å²) >= 11 is 10.1. The lowest BCUT2D eigenvalue weighted by atomic mass is 9.84. The molecule has 1 aromatic rings. The number of hydrogen-bond donors (Lipinski definition) is 1. The van der Waals surface area contributed by atoms with E-state index >= 15 is 0 Å². The maximum absolute atomic E-state index is 12.8. The van der Waals surface area contributed by atoms with E-state index < -0.39 is 23.1 Å². The first kappa shape index (κ1) is 22.0. The number of Topliss-reactive ketones (excluding diaryl/α,β-unsaturated/α-hetero) is 1. The third kappa shape index (κ3) is 4.94. The molecule has 0 aromatic heterocycles. The standard InChI is InChI=1S/C21H28ClNO3S/c1-5-21(3,4)18(24)19(25)23-10-9-15(17(23)20(26)27)11-13(2)14-7-6-8-16(22)12-14/h6-8,12-13,15,17H,5,9-11H2,1-4H3,(H,26,27)/t13-,15?,17?/m0/s1. The van der Waals surface area contributed by atoms with Crippen molar-refractivity contribution in [3.8, 4) is 0 Å². The van der Waals surface area contributed by atoms with Crippen molar-refractivity contribution in [2.45, 2.75) is 58.9 Å². The van der Waals surface area contributed by atoms with Crippen LogP contribution in [0.5, 0.6) is 0 Å². The van der Waals surface area contributed by atoms with E-state index in [9.17, 15) is 14.4 Å². The van der Waals surface area contributed by atoms with Gasteiger partial charge in [0.2, 0.25) is 10.9 Å². The summed E-state index contributed by atoms with van der Waals surface area (Å²) in [6.45, 7) is 7.90. The minimum Gasteiger partial charge on any atom is -0.325 e. The molecule has 0 radical (unpaired) electrons. The van der Waals surface area contributed by atoms with Gasteiger partial charge in [-0.05, 0) is 48.8 Å². The topological polar surface area (TPSA) is 54.5 Å². The van der Waals surface area contributed by atoms with Gasteiger partial charge in [0.15, 0.2) is 0 Å². The van der Waals surface area contributed by atoms with E-state index in [1.807, 2.05) is 31.2 Å². The fourth-order valence-electron chi connectivity index (χ4n) is 3.65. The number of nitrogens with zero attached hydrogens (tertiary/aromatic N) is 1. The molecule has 3 atom stereocenters. The maximum Gasteiger partial charge on any atom is 0.291 e. The lowest BCUT2D eigenvalue weighted by Crippen LogP contribution is -2.48. The van der Waals surface area contributed by atoms with Crippen molar-refractivity contribution in [3.63, 3.8) is 0 Å². The minimum absolute atomic E-state index is 0.0227. The highest BCUT2D eigenvalue weighted by Crippen LogP contribution is 2.36. The third-order valence-corrected chi connectivity index (χ3v) is 6.30. The first-order chi connectivity index (χ1) is 12.6. The van der Waals surface area contributed by atoms with E-state index in [0.29, 0.717) is 24.4 Å². The van der Waals surface area contributed by atoms with Gasteiger partial charge < -0.3 is 4.90 Å². The Morgan fingerprint density at radius 3 is 2.56 bits per heavy atom. The maximum atomic E-state index is 12.8. The molecule has 27 heavy (non-hydrogen) atoms. The van der Waals surface area contributed by atoms with Crippen LogP contribution in [0, 0.1) is 11.3 Å². The molecule has 1 fully saturated rings. The number of ketones is 1. The van der Waals surface area contributed by atoms with Gasteiger partial charge in [-0.25, -0.2) is 0 Å². The van der Waals surface area contributed by atoms with Gasteiger partial charge in [-0.3, -0.25) is 14.4 Å². The molecule has 1 heterocycles. The zero-order valence-electron chi connectivity index (χ0n) is 16.4. The second-order valence-corrected chi connectivity index (χ2v) is 8.97. The minimum atomic E-state index is -0.729. The van der Waals surface area contributed by atoms with Gasteiger partial charge >= 0.3 is 0 Å². The molecule has 1 amide bonds. The van der Waals surface area contributed by atoms with Crippen LogP contribution >= 0.6 is 24.2 Å². The fourth-order valence-corrected chi connectivity index (χ4v) is 4.20. The highest BCUT2D eigenvalue weighted by Gasteiger charge is 2.45. The van der Waals surface area contributed by atoms with Crippen molar-refractivity contribution < 1.29 is 14.4 Å². The lowest BCUT2D eigenvalue weighted by Gasteiger charge is -2.29. The van der Waals surface area contributed by atoms with Gasteiger partial charge in [0.25, 0.3) is 5.91 Å². The average molecular weight is 410 g/mol. The molecule has 2 rings (SSSR count). The normalized spacial score (nSPS) is 21.2. The summed E-state index contributed by atoms with van der Waals surface area (Å²) in [7, 11) is 0. The Hall–Kier alpha value is -1.33. The van der Waals surface area contributed by atoms with Crippen molar-refractivity contribution in [2.75, 3.05) is 6.54 Å². The Morgan fingerprint density at radius 1 is 1.33 bits per heavy atom. The molecule has 1 aliphatic rings. The zero-order chi connectivity index (χ0) is 20.4. The van der Waals surface area contributed by atoms with Crippen LogP contribution in [-0.2, 0) is 14.4 Å². The molecule has 0 bridgehead atoms. The smallest absolute Gasteiger partial charge is 0.291 e. The Bertz CT molecular complexity index is 734. The first-order valence-electron chi connectivity index (χ1n) is 9.42. The van der Waals surface area contributed by atoms with E-state index in [0.717, 1.165) is 12.0 Å². The molecule has 1 aromatic carbocycles. The van der Waals surface area contributed by atoms with Crippen molar-refractivity contribution >= 4 is 41.0 Å². The van der Waals surface area contributed by atoms with Crippen LogP contribution in [0.15, 0.2) is 24.3 Å². The summed E-state index contributed by atoms with van der Waals surface area (Å²) in [5.74, 6) is -0.840. The second-order valence-electron chi connectivity index (χ2n) is 8.09. The van der Waals surface area contributed by atoms with Gasteiger partial charge in [-0.1, -0.05) is 51.4 Å². The molecule has 0 spiro atoms. The van der Waals surface area contributed by atoms with E-state index in [-0.39, 0.29) is 17.0 Å².